The normalized spacial score (nSPS) is 15.0. The molecule has 7 nitrogen and oxygen atoms in total. The fourth-order valence-corrected chi connectivity index (χ4v) is 3.71. The number of nitrogens with zero attached hydrogens (tertiary/aromatic N) is 4. The highest BCUT2D eigenvalue weighted by atomic mass is 32.1. The van der Waals surface area contributed by atoms with Crippen LogP contribution in [0.15, 0.2) is 30.7 Å². The van der Waals surface area contributed by atoms with Gasteiger partial charge in [-0.3, -0.25) is 9.20 Å². The molecule has 1 aliphatic rings. The molecular weight excluding hydrogens is 324 g/mol. The first kappa shape index (κ1) is 15.1. The second kappa shape index (κ2) is 6.21. The van der Waals surface area contributed by atoms with E-state index in [2.05, 4.69) is 25.5 Å². The molecule has 0 atom stereocenters. The van der Waals surface area contributed by atoms with Crippen molar-refractivity contribution in [2.45, 2.75) is 6.92 Å². The van der Waals surface area contributed by atoms with E-state index in [4.69, 9.17) is 0 Å². The second-order valence-electron chi connectivity index (χ2n) is 5.76. The molecule has 0 radical (unpaired) electrons. The van der Waals surface area contributed by atoms with Crippen LogP contribution in [-0.4, -0.2) is 46.5 Å². The van der Waals surface area contributed by atoms with E-state index >= 15 is 0 Å². The smallest absolute Gasteiger partial charge is 0.268 e. The molecule has 0 aliphatic carbocycles. The summed E-state index contributed by atoms with van der Waals surface area (Å²) in [5.74, 6) is 0.409. The third-order valence-electron chi connectivity index (χ3n) is 3.97. The molecule has 1 fully saturated rings. The van der Waals surface area contributed by atoms with Gasteiger partial charge in [-0.05, 0) is 13.0 Å². The van der Waals surface area contributed by atoms with E-state index in [1.807, 2.05) is 29.7 Å². The summed E-state index contributed by atoms with van der Waals surface area (Å²) in [5, 5.41) is 6.21. The molecule has 0 spiro atoms. The van der Waals surface area contributed by atoms with Gasteiger partial charge in [0.1, 0.15) is 10.7 Å². The molecular formula is C16H18N6OS. The van der Waals surface area contributed by atoms with Crippen LogP contribution in [0, 0.1) is 6.92 Å². The number of anilines is 2. The van der Waals surface area contributed by atoms with Crippen molar-refractivity contribution in [3.63, 3.8) is 0 Å². The zero-order chi connectivity index (χ0) is 16.5. The monoisotopic (exact) mass is 342 g/mol. The largest absolute Gasteiger partial charge is 0.369 e. The van der Waals surface area contributed by atoms with Gasteiger partial charge in [0.2, 0.25) is 0 Å². The molecule has 3 aromatic heterocycles. The standard InChI is InChI=1S/C16H18N6OS/c1-11-9-22-10-13(24-16(22)19-11)15(23)20-14-8-12(2-3-18-14)21-6-4-17-5-7-21/h2-3,8-10,17H,4-7H2,1H3,(H,18,20,23). The minimum atomic E-state index is -0.159. The Morgan fingerprint density at radius 2 is 2.17 bits per heavy atom. The summed E-state index contributed by atoms with van der Waals surface area (Å²) in [5.41, 5.74) is 2.03. The van der Waals surface area contributed by atoms with Gasteiger partial charge in [0.15, 0.2) is 4.96 Å². The molecule has 24 heavy (non-hydrogen) atoms. The number of amides is 1. The maximum absolute atomic E-state index is 12.4. The van der Waals surface area contributed by atoms with Crippen LogP contribution in [0.1, 0.15) is 15.4 Å². The lowest BCUT2D eigenvalue weighted by molar-refractivity contribution is 0.103. The van der Waals surface area contributed by atoms with Crippen LogP contribution in [0.25, 0.3) is 4.96 Å². The average Bonchev–Trinajstić information content (AvgIpc) is 3.13. The quantitative estimate of drug-likeness (QED) is 0.759. The van der Waals surface area contributed by atoms with E-state index < -0.39 is 0 Å². The van der Waals surface area contributed by atoms with Crippen LogP contribution in [0.2, 0.25) is 0 Å². The number of thiazole rings is 1. The molecule has 124 valence electrons. The number of carbonyl (C=O) groups excluding carboxylic acids is 1. The third-order valence-corrected chi connectivity index (χ3v) is 4.96. The maximum Gasteiger partial charge on any atom is 0.268 e. The number of imidazole rings is 1. The van der Waals surface area contributed by atoms with Crippen molar-refractivity contribution >= 4 is 33.7 Å². The Hall–Kier alpha value is -2.45. The Balaban J connectivity index is 1.51. The molecule has 0 saturated carbocycles. The van der Waals surface area contributed by atoms with Crippen molar-refractivity contribution < 1.29 is 4.79 Å². The Morgan fingerprint density at radius 3 is 2.96 bits per heavy atom. The lowest BCUT2D eigenvalue weighted by Gasteiger charge is -2.29. The molecule has 1 amide bonds. The number of aryl methyl sites for hydroxylation is 1. The van der Waals surface area contributed by atoms with Crippen molar-refractivity contribution in [1.29, 1.82) is 0 Å². The van der Waals surface area contributed by atoms with Crippen molar-refractivity contribution in [3.8, 4) is 0 Å². The Bertz CT molecular complexity index is 848. The number of carbonyl (C=O) groups is 1. The van der Waals surface area contributed by atoms with E-state index in [9.17, 15) is 4.79 Å². The number of fused-ring (bicyclic) bond motifs is 1. The molecule has 0 unspecified atom stereocenters. The van der Waals surface area contributed by atoms with Gasteiger partial charge in [0.05, 0.1) is 5.69 Å². The van der Waals surface area contributed by atoms with Gasteiger partial charge in [-0.1, -0.05) is 11.3 Å². The van der Waals surface area contributed by atoms with E-state index in [1.54, 1.807) is 12.4 Å². The average molecular weight is 342 g/mol. The lowest BCUT2D eigenvalue weighted by atomic mass is 10.3. The summed E-state index contributed by atoms with van der Waals surface area (Å²) < 4.78 is 1.87. The van der Waals surface area contributed by atoms with Crippen molar-refractivity contribution in [2.24, 2.45) is 0 Å². The number of nitrogens with one attached hydrogen (secondary N) is 2. The predicted octanol–water partition coefficient (Wildman–Crippen LogP) is 1.76. The van der Waals surface area contributed by atoms with Crippen LogP contribution in [0.3, 0.4) is 0 Å². The highest BCUT2D eigenvalue weighted by Gasteiger charge is 2.15. The number of piperazine rings is 1. The summed E-state index contributed by atoms with van der Waals surface area (Å²) in [6.45, 7) is 5.79. The molecule has 4 heterocycles. The van der Waals surface area contributed by atoms with Gasteiger partial charge in [0.25, 0.3) is 5.91 Å². The van der Waals surface area contributed by atoms with Crippen molar-refractivity contribution in [2.75, 3.05) is 36.4 Å². The van der Waals surface area contributed by atoms with Crippen LogP contribution >= 0.6 is 11.3 Å². The van der Waals surface area contributed by atoms with E-state index in [0.29, 0.717) is 10.7 Å². The molecule has 2 N–H and O–H groups in total. The molecule has 3 aromatic rings. The number of pyridine rings is 1. The first-order chi connectivity index (χ1) is 11.7. The van der Waals surface area contributed by atoms with Crippen LogP contribution < -0.4 is 15.5 Å². The minimum absolute atomic E-state index is 0.159. The zero-order valence-corrected chi connectivity index (χ0v) is 14.1. The summed E-state index contributed by atoms with van der Waals surface area (Å²) >= 11 is 1.37. The van der Waals surface area contributed by atoms with Gasteiger partial charge in [0, 0.05) is 56.5 Å². The Labute approximate surface area is 143 Å². The summed E-state index contributed by atoms with van der Waals surface area (Å²) in [6.07, 6.45) is 5.44. The van der Waals surface area contributed by atoms with Crippen molar-refractivity contribution in [3.05, 3.63) is 41.3 Å². The SMILES string of the molecule is Cc1cn2cc(C(=O)Nc3cc(N4CCNCC4)ccn3)sc2n1. The Morgan fingerprint density at radius 1 is 1.33 bits per heavy atom. The topological polar surface area (TPSA) is 74.6 Å². The van der Waals surface area contributed by atoms with Gasteiger partial charge in [-0.25, -0.2) is 9.97 Å². The first-order valence-corrected chi connectivity index (χ1v) is 8.69. The molecule has 8 heteroatoms. The van der Waals surface area contributed by atoms with Gasteiger partial charge in [-0.2, -0.15) is 0 Å². The minimum Gasteiger partial charge on any atom is -0.369 e. The van der Waals surface area contributed by atoms with Crippen LogP contribution in [0.4, 0.5) is 11.5 Å². The Kier molecular flexibility index (Phi) is 3.91. The first-order valence-electron chi connectivity index (χ1n) is 7.87. The number of hydrogen-bond acceptors (Lipinski definition) is 6. The van der Waals surface area contributed by atoms with E-state index in [0.717, 1.165) is 42.5 Å². The fraction of sp³-hybridized carbons (Fsp3) is 0.312. The van der Waals surface area contributed by atoms with E-state index in [-0.39, 0.29) is 5.91 Å². The third kappa shape index (κ3) is 2.98. The number of rotatable bonds is 3. The van der Waals surface area contributed by atoms with Crippen molar-refractivity contribution in [1.82, 2.24) is 19.7 Å². The van der Waals surface area contributed by atoms with Crippen LogP contribution in [0.5, 0.6) is 0 Å². The number of aromatic nitrogens is 3. The molecule has 1 saturated heterocycles. The lowest BCUT2D eigenvalue weighted by Crippen LogP contribution is -2.43. The molecule has 0 aromatic carbocycles. The summed E-state index contributed by atoms with van der Waals surface area (Å²) in [4.78, 5) is 24.8. The molecule has 4 rings (SSSR count). The summed E-state index contributed by atoms with van der Waals surface area (Å²) in [6, 6.07) is 3.90. The second-order valence-corrected chi connectivity index (χ2v) is 6.77. The van der Waals surface area contributed by atoms with Gasteiger partial charge in [-0.15, -0.1) is 0 Å². The highest BCUT2D eigenvalue weighted by Crippen LogP contribution is 2.21. The predicted molar refractivity (Wildman–Crippen MR) is 95.1 cm³/mol. The van der Waals surface area contributed by atoms with E-state index in [1.165, 1.54) is 11.3 Å². The van der Waals surface area contributed by atoms with Gasteiger partial charge >= 0.3 is 0 Å². The van der Waals surface area contributed by atoms with Crippen LogP contribution in [-0.2, 0) is 0 Å². The fourth-order valence-electron chi connectivity index (χ4n) is 2.80. The maximum atomic E-state index is 12.4. The molecule has 0 bridgehead atoms. The van der Waals surface area contributed by atoms with Gasteiger partial charge < -0.3 is 15.5 Å². The highest BCUT2D eigenvalue weighted by molar-refractivity contribution is 7.19. The zero-order valence-electron chi connectivity index (χ0n) is 13.3. The summed E-state index contributed by atoms with van der Waals surface area (Å²) in [7, 11) is 0. The molecule has 1 aliphatic heterocycles. The number of hydrogen-bond donors (Lipinski definition) is 2.